The third kappa shape index (κ3) is 4.17. The van der Waals surface area contributed by atoms with Crippen LogP contribution in [0.1, 0.15) is 36.0 Å². The molecule has 6 heteroatoms. The summed E-state index contributed by atoms with van der Waals surface area (Å²) < 4.78 is 0. The average Bonchev–Trinajstić information content (AvgIpc) is 3.39. The summed E-state index contributed by atoms with van der Waals surface area (Å²) >= 11 is 0. The van der Waals surface area contributed by atoms with Gasteiger partial charge >= 0.3 is 0 Å². The fourth-order valence-electron chi connectivity index (χ4n) is 4.76. The molecule has 2 aliphatic heterocycles. The standard InChI is InChI=1S/C26H28N4O2/c31-25(28-21-10-11-24(27-18-21)29-14-3-4-15-29)20-12-16-30(17-13-20)26(32)23-9-5-7-19-6-1-2-8-22(19)23/h1-2,5-11,18,20H,3-4,12-17H2,(H,28,31). The fraction of sp³-hybridized carbons (Fsp3) is 0.346. The van der Waals surface area contributed by atoms with Crippen LogP contribution in [0.25, 0.3) is 10.8 Å². The second-order valence-corrected chi connectivity index (χ2v) is 8.68. The molecule has 0 unspecified atom stereocenters. The number of nitrogens with one attached hydrogen (secondary N) is 1. The smallest absolute Gasteiger partial charge is 0.254 e. The molecule has 1 N–H and O–H groups in total. The lowest BCUT2D eigenvalue weighted by molar-refractivity contribution is -0.121. The van der Waals surface area contributed by atoms with E-state index in [0.29, 0.717) is 25.9 Å². The molecule has 0 spiro atoms. The van der Waals surface area contributed by atoms with E-state index in [4.69, 9.17) is 0 Å². The van der Waals surface area contributed by atoms with E-state index in [2.05, 4.69) is 15.2 Å². The van der Waals surface area contributed by atoms with Gasteiger partial charge in [-0.25, -0.2) is 4.98 Å². The van der Waals surface area contributed by atoms with E-state index < -0.39 is 0 Å². The molecule has 6 nitrogen and oxygen atoms in total. The Morgan fingerprint density at radius 1 is 0.875 bits per heavy atom. The van der Waals surface area contributed by atoms with Gasteiger partial charge in [-0.15, -0.1) is 0 Å². The zero-order valence-corrected chi connectivity index (χ0v) is 18.2. The first kappa shape index (κ1) is 20.5. The first-order valence-electron chi connectivity index (χ1n) is 11.5. The van der Waals surface area contributed by atoms with Gasteiger partial charge in [0.15, 0.2) is 0 Å². The zero-order chi connectivity index (χ0) is 21.9. The molecule has 0 aliphatic carbocycles. The summed E-state index contributed by atoms with van der Waals surface area (Å²) in [6, 6.07) is 17.7. The Kier molecular flexibility index (Phi) is 5.75. The molecule has 3 heterocycles. The molecule has 2 fully saturated rings. The van der Waals surface area contributed by atoms with Crippen LogP contribution in [-0.2, 0) is 4.79 Å². The van der Waals surface area contributed by atoms with Gasteiger partial charge in [-0.3, -0.25) is 9.59 Å². The van der Waals surface area contributed by atoms with Gasteiger partial charge in [-0.05, 0) is 54.7 Å². The molecule has 0 saturated carbocycles. The SMILES string of the molecule is O=C(Nc1ccc(N2CCCC2)nc1)C1CCN(C(=O)c2cccc3ccccc23)CC1. The molecule has 3 aromatic rings. The number of benzene rings is 2. The number of likely N-dealkylation sites (tertiary alicyclic amines) is 1. The quantitative estimate of drug-likeness (QED) is 0.672. The van der Waals surface area contributed by atoms with Crippen molar-refractivity contribution < 1.29 is 9.59 Å². The lowest BCUT2D eigenvalue weighted by Gasteiger charge is -2.31. The van der Waals surface area contributed by atoms with E-state index in [1.54, 1.807) is 6.20 Å². The monoisotopic (exact) mass is 428 g/mol. The van der Waals surface area contributed by atoms with E-state index in [1.807, 2.05) is 59.5 Å². The number of anilines is 2. The minimum atomic E-state index is -0.0928. The predicted octanol–water partition coefficient (Wildman–Crippen LogP) is 4.33. The first-order chi connectivity index (χ1) is 15.7. The summed E-state index contributed by atoms with van der Waals surface area (Å²) in [6.07, 6.45) is 5.50. The van der Waals surface area contributed by atoms with Crippen LogP contribution in [0.2, 0.25) is 0 Å². The molecule has 2 amide bonds. The van der Waals surface area contributed by atoms with Crippen molar-refractivity contribution in [3.05, 3.63) is 66.4 Å². The van der Waals surface area contributed by atoms with Crippen molar-refractivity contribution >= 4 is 34.1 Å². The highest BCUT2D eigenvalue weighted by Gasteiger charge is 2.28. The molecule has 1 aromatic heterocycles. The van der Waals surface area contributed by atoms with Gasteiger partial charge in [0.1, 0.15) is 5.82 Å². The number of carbonyl (C=O) groups excluding carboxylic acids is 2. The molecule has 5 rings (SSSR count). The van der Waals surface area contributed by atoms with Crippen LogP contribution in [0.5, 0.6) is 0 Å². The molecule has 2 saturated heterocycles. The number of pyridine rings is 1. The number of aromatic nitrogens is 1. The molecular formula is C26H28N4O2. The Morgan fingerprint density at radius 3 is 2.38 bits per heavy atom. The molecule has 2 aliphatic rings. The van der Waals surface area contributed by atoms with Gasteiger partial charge in [0.2, 0.25) is 5.91 Å². The van der Waals surface area contributed by atoms with Crippen LogP contribution in [-0.4, -0.2) is 47.9 Å². The van der Waals surface area contributed by atoms with Gasteiger partial charge in [0.25, 0.3) is 5.91 Å². The van der Waals surface area contributed by atoms with Crippen molar-refractivity contribution in [3.63, 3.8) is 0 Å². The lowest BCUT2D eigenvalue weighted by Crippen LogP contribution is -2.41. The summed E-state index contributed by atoms with van der Waals surface area (Å²) in [6.45, 7) is 3.28. The van der Waals surface area contributed by atoms with Gasteiger partial charge in [-0.2, -0.15) is 0 Å². The van der Waals surface area contributed by atoms with E-state index >= 15 is 0 Å². The Hall–Kier alpha value is -3.41. The second-order valence-electron chi connectivity index (χ2n) is 8.68. The van der Waals surface area contributed by atoms with Gasteiger partial charge in [0, 0.05) is 37.7 Å². The Labute approximate surface area is 188 Å². The minimum absolute atomic E-state index is 0.0120. The number of amides is 2. The largest absolute Gasteiger partial charge is 0.357 e. The number of carbonyl (C=O) groups is 2. The van der Waals surface area contributed by atoms with Crippen LogP contribution in [0.15, 0.2) is 60.8 Å². The molecule has 0 bridgehead atoms. The summed E-state index contributed by atoms with van der Waals surface area (Å²) in [5.41, 5.74) is 1.46. The Morgan fingerprint density at radius 2 is 1.62 bits per heavy atom. The van der Waals surface area contributed by atoms with Crippen molar-refractivity contribution in [1.82, 2.24) is 9.88 Å². The lowest BCUT2D eigenvalue weighted by atomic mass is 9.94. The highest BCUT2D eigenvalue weighted by molar-refractivity contribution is 6.07. The fourth-order valence-corrected chi connectivity index (χ4v) is 4.76. The summed E-state index contributed by atoms with van der Waals surface area (Å²) in [7, 11) is 0. The average molecular weight is 429 g/mol. The molecule has 2 aromatic carbocycles. The van der Waals surface area contributed by atoms with Crippen LogP contribution >= 0.6 is 0 Å². The molecule has 164 valence electrons. The third-order valence-electron chi connectivity index (χ3n) is 6.62. The highest BCUT2D eigenvalue weighted by Crippen LogP contribution is 2.25. The Bertz CT molecular complexity index is 1110. The van der Waals surface area contributed by atoms with E-state index in [0.717, 1.165) is 40.9 Å². The van der Waals surface area contributed by atoms with Crippen LogP contribution < -0.4 is 10.2 Å². The molecular weight excluding hydrogens is 400 g/mol. The summed E-state index contributed by atoms with van der Waals surface area (Å²) in [5.74, 6) is 0.936. The van der Waals surface area contributed by atoms with Gasteiger partial charge in [-0.1, -0.05) is 36.4 Å². The minimum Gasteiger partial charge on any atom is -0.357 e. The highest BCUT2D eigenvalue weighted by atomic mass is 16.2. The normalized spacial score (nSPS) is 17.0. The molecule has 0 radical (unpaired) electrons. The zero-order valence-electron chi connectivity index (χ0n) is 18.2. The number of nitrogens with zero attached hydrogens (tertiary/aromatic N) is 3. The van der Waals surface area contributed by atoms with Gasteiger partial charge in [0.05, 0.1) is 11.9 Å². The predicted molar refractivity (Wildman–Crippen MR) is 127 cm³/mol. The number of piperidine rings is 1. The van der Waals surface area contributed by atoms with Crippen LogP contribution in [0, 0.1) is 5.92 Å². The third-order valence-corrected chi connectivity index (χ3v) is 6.62. The second kappa shape index (κ2) is 8.99. The molecule has 32 heavy (non-hydrogen) atoms. The maximum Gasteiger partial charge on any atom is 0.254 e. The van der Waals surface area contributed by atoms with E-state index in [1.165, 1.54) is 12.8 Å². The van der Waals surface area contributed by atoms with Crippen molar-refractivity contribution in [2.45, 2.75) is 25.7 Å². The summed E-state index contributed by atoms with van der Waals surface area (Å²) in [5, 5.41) is 5.05. The Balaban J connectivity index is 1.18. The van der Waals surface area contributed by atoms with Crippen molar-refractivity contribution in [1.29, 1.82) is 0 Å². The number of hydrogen-bond donors (Lipinski definition) is 1. The maximum absolute atomic E-state index is 13.1. The van der Waals surface area contributed by atoms with Crippen LogP contribution in [0.3, 0.4) is 0 Å². The van der Waals surface area contributed by atoms with Crippen molar-refractivity contribution in [3.8, 4) is 0 Å². The molecule has 0 atom stereocenters. The van der Waals surface area contributed by atoms with Crippen molar-refractivity contribution in [2.75, 3.05) is 36.4 Å². The van der Waals surface area contributed by atoms with E-state index in [-0.39, 0.29) is 17.7 Å². The van der Waals surface area contributed by atoms with E-state index in [9.17, 15) is 9.59 Å². The number of fused-ring (bicyclic) bond motifs is 1. The summed E-state index contributed by atoms with van der Waals surface area (Å²) in [4.78, 5) is 34.6. The number of hydrogen-bond acceptors (Lipinski definition) is 4. The first-order valence-corrected chi connectivity index (χ1v) is 11.5. The number of rotatable bonds is 4. The van der Waals surface area contributed by atoms with Gasteiger partial charge < -0.3 is 15.1 Å². The van der Waals surface area contributed by atoms with Crippen LogP contribution in [0.4, 0.5) is 11.5 Å². The van der Waals surface area contributed by atoms with Crippen molar-refractivity contribution in [2.24, 2.45) is 5.92 Å². The topological polar surface area (TPSA) is 65.5 Å². The maximum atomic E-state index is 13.1.